The molecule has 154 valence electrons. The van der Waals surface area contributed by atoms with E-state index in [1.165, 1.54) is 0 Å². The standard InChI is InChI=1S/C21H25N3O4S/c1-6-12(2)20(25)28-15-7-8-16-17(9-15)24-21(23-16)29(26)11-18-14(4)19(27-5)13(3)10-22-18/h7-10,12H,6,11H2,1-5H3,(H,23,24). The van der Waals surface area contributed by atoms with Gasteiger partial charge in [0, 0.05) is 34.6 Å². The van der Waals surface area contributed by atoms with Crippen molar-refractivity contribution in [3.05, 3.63) is 41.2 Å². The Morgan fingerprint density at radius 2 is 2.10 bits per heavy atom. The lowest BCUT2D eigenvalue weighted by molar-refractivity contribution is -0.138. The number of ether oxygens (including phenoxy) is 2. The molecule has 1 aromatic carbocycles. The second kappa shape index (κ2) is 8.84. The fraction of sp³-hybridized carbons (Fsp3) is 0.381. The number of rotatable bonds is 7. The number of nitrogens with one attached hydrogen (secondary N) is 1. The Labute approximate surface area is 173 Å². The molecule has 0 saturated heterocycles. The molecule has 0 aliphatic heterocycles. The highest BCUT2D eigenvalue weighted by atomic mass is 32.2. The number of aromatic amines is 1. The highest BCUT2D eigenvalue weighted by Gasteiger charge is 2.21. The summed E-state index contributed by atoms with van der Waals surface area (Å²) in [6.45, 7) is 7.59. The molecule has 1 N–H and O–H groups in total. The van der Waals surface area contributed by atoms with Crippen LogP contribution in [0.4, 0.5) is 0 Å². The molecule has 29 heavy (non-hydrogen) atoms. The molecule has 8 heteroatoms. The molecule has 7 nitrogen and oxygen atoms in total. The highest BCUT2D eigenvalue weighted by molar-refractivity contribution is 7.90. The van der Waals surface area contributed by atoms with Crippen molar-refractivity contribution in [1.82, 2.24) is 15.0 Å². The predicted octanol–water partition coefficient (Wildman–Crippen LogP) is 3.84. The van der Waals surface area contributed by atoms with E-state index < -0.39 is 11.2 Å². The molecule has 3 aromatic rings. The number of H-pyrrole nitrogens is 1. The number of aromatic nitrogens is 3. The van der Waals surface area contributed by atoms with E-state index in [0.717, 1.165) is 22.4 Å². The van der Waals surface area contributed by atoms with E-state index in [9.17, 15) is 9.35 Å². The average molecular weight is 416 g/mol. The van der Waals surface area contributed by atoms with Crippen LogP contribution in [0.3, 0.4) is 0 Å². The summed E-state index contributed by atoms with van der Waals surface area (Å²) in [6.07, 6.45) is 2.43. The minimum absolute atomic E-state index is 0.171. The fourth-order valence-electron chi connectivity index (χ4n) is 2.93. The third-order valence-corrected chi connectivity index (χ3v) is 6.06. The van der Waals surface area contributed by atoms with Crippen molar-refractivity contribution < 1.29 is 18.8 Å². The molecular formula is C21H25N3O4S. The van der Waals surface area contributed by atoms with Crippen LogP contribution in [0, 0.1) is 19.8 Å². The molecular weight excluding hydrogens is 390 g/mol. The summed E-state index contributed by atoms with van der Waals surface area (Å²) in [6, 6.07) is 5.13. The van der Waals surface area contributed by atoms with Gasteiger partial charge in [-0.1, -0.05) is 13.8 Å². The van der Waals surface area contributed by atoms with E-state index in [0.29, 0.717) is 28.5 Å². The van der Waals surface area contributed by atoms with E-state index in [1.807, 2.05) is 27.7 Å². The first-order valence-corrected chi connectivity index (χ1v) is 10.7. The molecule has 0 bridgehead atoms. The van der Waals surface area contributed by atoms with Crippen molar-refractivity contribution in [3.8, 4) is 11.5 Å². The van der Waals surface area contributed by atoms with E-state index >= 15 is 0 Å². The molecule has 0 spiro atoms. The number of aryl methyl sites for hydroxylation is 1. The minimum atomic E-state index is -1.41. The Morgan fingerprint density at radius 1 is 1.34 bits per heavy atom. The number of methoxy groups -OCH3 is 1. The van der Waals surface area contributed by atoms with Crippen LogP contribution in [-0.2, 0) is 21.7 Å². The number of carbonyl (C=O) groups excluding carboxylic acids is 1. The Bertz CT molecular complexity index is 1030. The zero-order chi connectivity index (χ0) is 21.1. The summed E-state index contributed by atoms with van der Waals surface area (Å²) in [5.74, 6) is 0.950. The average Bonchev–Trinajstić information content (AvgIpc) is 3.13. The molecule has 0 radical (unpaired) electrons. The van der Waals surface area contributed by atoms with Crippen molar-refractivity contribution >= 4 is 28.2 Å². The summed E-state index contributed by atoms with van der Waals surface area (Å²) in [5.41, 5.74) is 3.82. The third kappa shape index (κ3) is 4.54. The Hall–Kier alpha value is -2.58. The van der Waals surface area contributed by atoms with Crippen LogP contribution in [0.2, 0.25) is 0 Å². The Kier molecular flexibility index (Phi) is 6.44. The lowest BCUT2D eigenvalue weighted by Gasteiger charge is -2.13. The van der Waals surface area contributed by atoms with Crippen molar-refractivity contribution in [2.24, 2.45) is 5.92 Å². The fourth-order valence-corrected chi connectivity index (χ4v) is 4.03. The SMILES string of the molecule is CCC(C)C(=O)Oc1ccc2[nH]c([S+]([O-])Cc3ncc(C)c(OC)c3C)nc2c1. The normalized spacial score (nSPS) is 13.3. The van der Waals surface area contributed by atoms with Crippen LogP contribution < -0.4 is 9.47 Å². The summed E-state index contributed by atoms with van der Waals surface area (Å²) in [5, 5.41) is 0.353. The van der Waals surface area contributed by atoms with Crippen molar-refractivity contribution in [2.45, 2.75) is 45.0 Å². The number of esters is 1. The van der Waals surface area contributed by atoms with Gasteiger partial charge in [-0.05, 0) is 32.4 Å². The lowest BCUT2D eigenvalue weighted by Crippen LogP contribution is -2.16. The first-order valence-electron chi connectivity index (χ1n) is 9.42. The number of pyridine rings is 1. The topological polar surface area (TPSA) is 100 Å². The number of fused-ring (bicyclic) bond motifs is 1. The predicted molar refractivity (Wildman–Crippen MR) is 112 cm³/mol. The van der Waals surface area contributed by atoms with Gasteiger partial charge in [0.15, 0.2) is 5.75 Å². The van der Waals surface area contributed by atoms with Crippen LogP contribution in [0.15, 0.2) is 29.6 Å². The molecule has 2 atom stereocenters. The van der Waals surface area contributed by atoms with Gasteiger partial charge in [-0.3, -0.25) is 14.8 Å². The Balaban J connectivity index is 1.80. The summed E-state index contributed by atoms with van der Waals surface area (Å²) >= 11 is -1.41. The minimum Gasteiger partial charge on any atom is -0.609 e. The number of hydrogen-bond donors (Lipinski definition) is 1. The Morgan fingerprint density at radius 3 is 2.79 bits per heavy atom. The van der Waals surface area contributed by atoms with Crippen molar-refractivity contribution in [2.75, 3.05) is 7.11 Å². The first-order chi connectivity index (χ1) is 13.8. The maximum absolute atomic E-state index is 12.9. The molecule has 0 fully saturated rings. The van der Waals surface area contributed by atoms with Gasteiger partial charge in [0.2, 0.25) is 0 Å². The molecule has 2 unspecified atom stereocenters. The van der Waals surface area contributed by atoms with E-state index in [-0.39, 0.29) is 17.6 Å². The smallest absolute Gasteiger partial charge is 0.322 e. The number of carbonyl (C=O) groups is 1. The maximum Gasteiger partial charge on any atom is 0.322 e. The largest absolute Gasteiger partial charge is 0.609 e. The van der Waals surface area contributed by atoms with Crippen molar-refractivity contribution in [3.63, 3.8) is 0 Å². The number of nitrogens with zero attached hydrogens (tertiary/aromatic N) is 2. The van der Waals surface area contributed by atoms with E-state index in [1.54, 1.807) is 31.5 Å². The molecule has 0 aliphatic rings. The quantitative estimate of drug-likeness (QED) is 0.357. The van der Waals surface area contributed by atoms with Crippen LogP contribution in [0.5, 0.6) is 11.5 Å². The van der Waals surface area contributed by atoms with Gasteiger partial charge in [0.25, 0.3) is 0 Å². The molecule has 2 heterocycles. The van der Waals surface area contributed by atoms with Crippen LogP contribution >= 0.6 is 0 Å². The monoisotopic (exact) mass is 415 g/mol. The molecule has 2 aromatic heterocycles. The highest BCUT2D eigenvalue weighted by Crippen LogP contribution is 2.27. The van der Waals surface area contributed by atoms with Gasteiger partial charge >= 0.3 is 11.1 Å². The van der Waals surface area contributed by atoms with Gasteiger partial charge in [-0.2, -0.15) is 4.98 Å². The summed E-state index contributed by atoms with van der Waals surface area (Å²) in [4.78, 5) is 23.9. The van der Waals surface area contributed by atoms with Crippen LogP contribution in [0.25, 0.3) is 11.0 Å². The number of imidazole rings is 1. The summed E-state index contributed by atoms with van der Waals surface area (Å²) in [7, 11) is 1.61. The second-order valence-electron chi connectivity index (χ2n) is 6.99. The van der Waals surface area contributed by atoms with Gasteiger partial charge in [0.05, 0.1) is 29.8 Å². The zero-order valence-electron chi connectivity index (χ0n) is 17.2. The van der Waals surface area contributed by atoms with Gasteiger partial charge < -0.3 is 14.0 Å². The van der Waals surface area contributed by atoms with E-state index in [4.69, 9.17) is 9.47 Å². The second-order valence-corrected chi connectivity index (χ2v) is 8.35. The maximum atomic E-state index is 12.9. The van der Waals surface area contributed by atoms with Crippen LogP contribution in [0.1, 0.15) is 37.1 Å². The molecule has 0 amide bonds. The number of hydrogen-bond acceptors (Lipinski definition) is 6. The third-order valence-electron chi connectivity index (χ3n) is 4.90. The van der Waals surface area contributed by atoms with Crippen LogP contribution in [-0.4, -0.2) is 32.6 Å². The number of benzene rings is 1. The molecule has 0 saturated carbocycles. The van der Waals surface area contributed by atoms with E-state index in [2.05, 4.69) is 15.0 Å². The molecule has 3 rings (SSSR count). The van der Waals surface area contributed by atoms with Crippen molar-refractivity contribution in [1.29, 1.82) is 0 Å². The van der Waals surface area contributed by atoms with Gasteiger partial charge in [0.1, 0.15) is 11.5 Å². The summed E-state index contributed by atoms with van der Waals surface area (Å²) < 4.78 is 23.7. The zero-order valence-corrected chi connectivity index (χ0v) is 18.1. The van der Waals surface area contributed by atoms with Gasteiger partial charge in [-0.25, -0.2) is 0 Å². The molecule has 0 aliphatic carbocycles. The lowest BCUT2D eigenvalue weighted by atomic mass is 10.1. The first kappa shape index (κ1) is 21.1. The van der Waals surface area contributed by atoms with Gasteiger partial charge in [-0.15, -0.1) is 0 Å².